The van der Waals surface area contributed by atoms with Crippen LogP contribution in [0.5, 0.6) is 0 Å². The molecule has 2 aliphatic carbocycles. The molecule has 0 aromatic heterocycles. The Hall–Kier alpha value is -3.64. The van der Waals surface area contributed by atoms with Crippen LogP contribution in [0.25, 0.3) is 65.0 Å². The zero-order chi connectivity index (χ0) is 18.2. The van der Waals surface area contributed by atoms with E-state index in [-0.39, 0.29) is 0 Å². The lowest BCUT2D eigenvalue weighted by atomic mass is 9.89. The molecule has 0 radical (unpaired) electrons. The van der Waals surface area contributed by atoms with Crippen LogP contribution >= 0.6 is 0 Å². The molecular weight excluding hydrogens is 336 g/mol. The van der Waals surface area contributed by atoms with E-state index >= 15 is 0 Å². The molecule has 0 bridgehead atoms. The molecule has 0 aliphatic heterocycles. The third kappa shape index (κ3) is 1.58. The first-order valence-corrected chi connectivity index (χ1v) is 9.81. The fourth-order valence-electron chi connectivity index (χ4n) is 5.33. The van der Waals surface area contributed by atoms with Crippen molar-refractivity contribution in [3.05, 3.63) is 97.1 Å². The highest BCUT2D eigenvalue weighted by Crippen LogP contribution is 2.52. The summed E-state index contributed by atoms with van der Waals surface area (Å²) >= 11 is 0. The zero-order valence-electron chi connectivity index (χ0n) is 15.2. The molecule has 5 aromatic carbocycles. The molecule has 0 fully saturated rings. The summed E-state index contributed by atoms with van der Waals surface area (Å²) in [5.74, 6) is 0. The van der Waals surface area contributed by atoms with Crippen LogP contribution in [0.15, 0.2) is 97.1 Å². The minimum atomic E-state index is 1.34. The lowest BCUT2D eigenvalue weighted by molar-refractivity contribution is 1.81. The molecular formula is C28H16. The maximum atomic E-state index is 2.29. The van der Waals surface area contributed by atoms with Crippen LogP contribution in [-0.2, 0) is 0 Å². The van der Waals surface area contributed by atoms with E-state index in [4.69, 9.17) is 0 Å². The molecule has 0 saturated heterocycles. The molecule has 0 heteroatoms. The SMILES string of the molecule is c1ccc2c3c4ccccc4c4cccc5c6ccccc6c(c-2cc1)c3c45. The summed E-state index contributed by atoms with van der Waals surface area (Å²) in [5, 5.41) is 13.7. The Labute approximate surface area is 162 Å². The highest BCUT2D eigenvalue weighted by atomic mass is 14.3. The Morgan fingerprint density at radius 2 is 0.643 bits per heavy atom. The lowest BCUT2D eigenvalue weighted by Crippen LogP contribution is -1.85. The van der Waals surface area contributed by atoms with E-state index in [0.29, 0.717) is 0 Å². The van der Waals surface area contributed by atoms with Gasteiger partial charge in [0.2, 0.25) is 0 Å². The molecule has 2 aliphatic rings. The fraction of sp³-hybridized carbons (Fsp3) is 0. The summed E-state index contributed by atoms with van der Waals surface area (Å²) in [7, 11) is 0. The molecule has 0 amide bonds. The summed E-state index contributed by atoms with van der Waals surface area (Å²) < 4.78 is 0. The van der Waals surface area contributed by atoms with Crippen molar-refractivity contribution in [2.75, 3.05) is 0 Å². The van der Waals surface area contributed by atoms with Gasteiger partial charge in [-0.3, -0.25) is 0 Å². The molecule has 0 nitrogen and oxygen atoms in total. The average Bonchev–Trinajstić information content (AvgIpc) is 2.90. The Balaban J connectivity index is 2.02. The minimum Gasteiger partial charge on any atom is -0.0622 e. The molecule has 0 atom stereocenters. The second kappa shape index (κ2) is 4.99. The largest absolute Gasteiger partial charge is 0.0622 e. The van der Waals surface area contributed by atoms with Gasteiger partial charge in [-0.05, 0) is 65.0 Å². The van der Waals surface area contributed by atoms with Gasteiger partial charge in [-0.1, -0.05) is 97.1 Å². The van der Waals surface area contributed by atoms with Crippen LogP contribution in [-0.4, -0.2) is 0 Å². The zero-order valence-corrected chi connectivity index (χ0v) is 15.2. The monoisotopic (exact) mass is 352 g/mol. The number of benzene rings is 5. The van der Waals surface area contributed by atoms with Crippen LogP contribution in [0.1, 0.15) is 0 Å². The number of fused-ring (bicyclic) bond motifs is 9. The predicted molar refractivity (Wildman–Crippen MR) is 122 cm³/mol. The topological polar surface area (TPSA) is 0 Å². The van der Waals surface area contributed by atoms with Crippen LogP contribution in [0, 0.1) is 0 Å². The van der Waals surface area contributed by atoms with E-state index in [1.807, 2.05) is 0 Å². The van der Waals surface area contributed by atoms with Gasteiger partial charge >= 0.3 is 0 Å². The molecule has 7 rings (SSSR count). The molecule has 0 heterocycles. The Morgan fingerprint density at radius 1 is 0.250 bits per heavy atom. The lowest BCUT2D eigenvalue weighted by Gasteiger charge is -2.14. The third-order valence-electron chi connectivity index (χ3n) is 6.36. The normalized spacial score (nSPS) is 12.3. The summed E-state index contributed by atoms with van der Waals surface area (Å²) in [6.07, 6.45) is 0. The molecule has 128 valence electrons. The van der Waals surface area contributed by atoms with E-state index in [9.17, 15) is 0 Å². The number of hydrogen-bond donors (Lipinski definition) is 0. The maximum absolute atomic E-state index is 2.29. The van der Waals surface area contributed by atoms with Gasteiger partial charge < -0.3 is 0 Å². The van der Waals surface area contributed by atoms with Crippen molar-refractivity contribution >= 4 is 53.9 Å². The molecule has 0 saturated carbocycles. The maximum Gasteiger partial charge on any atom is -0.000138 e. The van der Waals surface area contributed by atoms with E-state index in [2.05, 4.69) is 97.1 Å². The molecule has 0 spiro atoms. The van der Waals surface area contributed by atoms with Gasteiger partial charge in [0.15, 0.2) is 0 Å². The van der Waals surface area contributed by atoms with E-state index in [1.54, 1.807) is 0 Å². The number of rotatable bonds is 0. The van der Waals surface area contributed by atoms with Gasteiger partial charge in [0, 0.05) is 0 Å². The van der Waals surface area contributed by atoms with E-state index in [0.717, 1.165) is 0 Å². The Morgan fingerprint density at radius 3 is 1.18 bits per heavy atom. The highest BCUT2D eigenvalue weighted by molar-refractivity contribution is 6.45. The van der Waals surface area contributed by atoms with Crippen LogP contribution < -0.4 is 0 Å². The van der Waals surface area contributed by atoms with Crippen LogP contribution in [0.2, 0.25) is 0 Å². The fourth-order valence-corrected chi connectivity index (χ4v) is 5.33. The smallest absolute Gasteiger partial charge is 0.000138 e. The van der Waals surface area contributed by atoms with Gasteiger partial charge in [0.1, 0.15) is 0 Å². The van der Waals surface area contributed by atoms with Crippen LogP contribution in [0.3, 0.4) is 0 Å². The first-order chi connectivity index (χ1) is 13.9. The Bertz CT molecular complexity index is 1540. The van der Waals surface area contributed by atoms with Crippen LogP contribution in [0.4, 0.5) is 0 Å². The second-order valence-electron chi connectivity index (χ2n) is 7.68. The average molecular weight is 352 g/mol. The first kappa shape index (κ1) is 14.4. The van der Waals surface area contributed by atoms with Crippen molar-refractivity contribution in [1.29, 1.82) is 0 Å². The number of hydrogen-bond acceptors (Lipinski definition) is 0. The first-order valence-electron chi connectivity index (χ1n) is 9.81. The van der Waals surface area contributed by atoms with Crippen molar-refractivity contribution < 1.29 is 0 Å². The minimum absolute atomic E-state index is 1.34. The van der Waals surface area contributed by atoms with Gasteiger partial charge in [0.05, 0.1) is 0 Å². The van der Waals surface area contributed by atoms with E-state index in [1.165, 1.54) is 65.0 Å². The van der Waals surface area contributed by atoms with Crippen molar-refractivity contribution in [2.45, 2.75) is 0 Å². The Kier molecular flexibility index (Phi) is 2.57. The standard InChI is InChI=1S/C28H16/c1-2-11-23-24(12-3-1)27-20-14-7-5-10-18(20)22-16-8-15-21-17-9-4-6-13-19(17)26(23)28(27)25(21)22/h1-16H. The molecule has 0 unspecified atom stereocenters. The van der Waals surface area contributed by atoms with Gasteiger partial charge in [-0.2, -0.15) is 0 Å². The van der Waals surface area contributed by atoms with E-state index < -0.39 is 0 Å². The molecule has 28 heavy (non-hydrogen) atoms. The van der Waals surface area contributed by atoms with Gasteiger partial charge in [0.25, 0.3) is 0 Å². The second-order valence-corrected chi connectivity index (χ2v) is 7.68. The third-order valence-corrected chi connectivity index (χ3v) is 6.36. The molecule has 5 aromatic rings. The summed E-state index contributed by atoms with van der Waals surface area (Å²) in [5.41, 5.74) is 2.69. The summed E-state index contributed by atoms with van der Waals surface area (Å²) in [6.45, 7) is 0. The van der Waals surface area contributed by atoms with Crippen molar-refractivity contribution in [3.8, 4) is 11.1 Å². The summed E-state index contributed by atoms with van der Waals surface area (Å²) in [4.78, 5) is 0. The summed E-state index contributed by atoms with van der Waals surface area (Å²) in [6, 6.07) is 35.6. The highest BCUT2D eigenvalue weighted by Gasteiger charge is 2.23. The van der Waals surface area contributed by atoms with Crippen molar-refractivity contribution in [1.82, 2.24) is 0 Å². The van der Waals surface area contributed by atoms with Gasteiger partial charge in [-0.15, -0.1) is 0 Å². The quantitative estimate of drug-likeness (QED) is 0.192. The van der Waals surface area contributed by atoms with Crippen molar-refractivity contribution in [2.24, 2.45) is 0 Å². The predicted octanol–water partition coefficient (Wildman–Crippen LogP) is 8.00. The van der Waals surface area contributed by atoms with Crippen molar-refractivity contribution in [3.63, 3.8) is 0 Å². The molecule has 0 N–H and O–H groups in total. The van der Waals surface area contributed by atoms with Gasteiger partial charge in [-0.25, -0.2) is 0 Å².